The van der Waals surface area contributed by atoms with E-state index in [2.05, 4.69) is 62.7 Å². The summed E-state index contributed by atoms with van der Waals surface area (Å²) in [5, 5.41) is 6.98. The Kier molecular flexibility index (Phi) is 8.70. The number of hydrogen-bond acceptors (Lipinski definition) is 7. The summed E-state index contributed by atoms with van der Waals surface area (Å²) < 4.78 is 5.77. The summed E-state index contributed by atoms with van der Waals surface area (Å²) in [6.07, 6.45) is 6.03. The van der Waals surface area contributed by atoms with Crippen LogP contribution in [-0.2, 0) is 11.3 Å². The molecule has 0 spiro atoms. The SMILES string of the molecule is C=CCCNc1nc(Nc2ccc(N3CCN(C)CC3)c(COCC=C)c2)ncc1Cl. The predicted octanol–water partition coefficient (Wildman–Crippen LogP) is 4.32. The molecule has 2 heterocycles. The van der Waals surface area contributed by atoms with E-state index in [0.717, 1.165) is 43.9 Å². The molecule has 7 nitrogen and oxygen atoms in total. The molecule has 1 fully saturated rings. The molecule has 0 bridgehead atoms. The van der Waals surface area contributed by atoms with E-state index in [9.17, 15) is 0 Å². The van der Waals surface area contributed by atoms with Gasteiger partial charge >= 0.3 is 0 Å². The fourth-order valence-corrected chi connectivity index (χ4v) is 3.52. The Morgan fingerprint density at radius 2 is 2.00 bits per heavy atom. The lowest BCUT2D eigenvalue weighted by molar-refractivity contribution is 0.149. The van der Waals surface area contributed by atoms with Gasteiger partial charge in [-0.05, 0) is 31.7 Å². The number of anilines is 4. The van der Waals surface area contributed by atoms with E-state index >= 15 is 0 Å². The Morgan fingerprint density at radius 1 is 1.19 bits per heavy atom. The van der Waals surface area contributed by atoms with Gasteiger partial charge in [0.2, 0.25) is 5.95 Å². The Bertz CT molecular complexity index is 882. The topological polar surface area (TPSA) is 65.6 Å². The third kappa shape index (κ3) is 6.69. The molecule has 0 amide bonds. The van der Waals surface area contributed by atoms with E-state index in [1.54, 1.807) is 12.3 Å². The molecule has 3 rings (SSSR count). The number of nitrogens with one attached hydrogen (secondary N) is 2. The van der Waals surface area contributed by atoms with Crippen molar-refractivity contribution in [3.8, 4) is 0 Å². The van der Waals surface area contributed by atoms with Crippen LogP contribution in [0, 0.1) is 0 Å². The molecule has 0 radical (unpaired) electrons. The van der Waals surface area contributed by atoms with Crippen molar-refractivity contribution < 1.29 is 4.74 Å². The zero-order chi connectivity index (χ0) is 22.1. The minimum Gasteiger partial charge on any atom is -0.373 e. The van der Waals surface area contributed by atoms with E-state index in [1.165, 1.54) is 5.69 Å². The lowest BCUT2D eigenvalue weighted by Crippen LogP contribution is -2.44. The number of likely N-dealkylation sites (N-methyl/N-ethyl adjacent to an activating group) is 1. The minimum atomic E-state index is 0.482. The highest BCUT2D eigenvalue weighted by Crippen LogP contribution is 2.28. The summed E-state index contributed by atoms with van der Waals surface area (Å²) in [6.45, 7) is 13.3. The number of piperazine rings is 1. The molecule has 0 aliphatic carbocycles. The molecule has 0 saturated carbocycles. The van der Waals surface area contributed by atoms with Gasteiger partial charge in [-0.1, -0.05) is 23.8 Å². The maximum Gasteiger partial charge on any atom is 0.229 e. The van der Waals surface area contributed by atoms with Crippen LogP contribution in [0.25, 0.3) is 0 Å². The largest absolute Gasteiger partial charge is 0.373 e. The molecule has 31 heavy (non-hydrogen) atoms. The third-order valence-electron chi connectivity index (χ3n) is 5.06. The fourth-order valence-electron chi connectivity index (χ4n) is 3.36. The Morgan fingerprint density at radius 3 is 2.74 bits per heavy atom. The van der Waals surface area contributed by atoms with Crippen LogP contribution in [0.15, 0.2) is 49.7 Å². The second-order valence-electron chi connectivity index (χ2n) is 7.46. The summed E-state index contributed by atoms with van der Waals surface area (Å²) in [5.41, 5.74) is 3.22. The van der Waals surface area contributed by atoms with Gasteiger partial charge in [-0.3, -0.25) is 0 Å². The van der Waals surface area contributed by atoms with Crippen molar-refractivity contribution in [1.29, 1.82) is 0 Å². The second-order valence-corrected chi connectivity index (χ2v) is 7.86. The lowest BCUT2D eigenvalue weighted by Gasteiger charge is -2.35. The molecule has 1 saturated heterocycles. The maximum atomic E-state index is 6.22. The predicted molar refractivity (Wildman–Crippen MR) is 130 cm³/mol. The first-order chi connectivity index (χ1) is 15.1. The Hall–Kier alpha value is -2.61. The van der Waals surface area contributed by atoms with E-state index in [4.69, 9.17) is 16.3 Å². The van der Waals surface area contributed by atoms with Crippen LogP contribution in [0.5, 0.6) is 0 Å². The molecular formula is C23H31ClN6O. The van der Waals surface area contributed by atoms with Crippen molar-refractivity contribution in [2.75, 3.05) is 61.9 Å². The third-order valence-corrected chi connectivity index (χ3v) is 5.33. The average molecular weight is 443 g/mol. The van der Waals surface area contributed by atoms with Crippen molar-refractivity contribution in [3.63, 3.8) is 0 Å². The molecular weight excluding hydrogens is 412 g/mol. The normalized spacial score (nSPS) is 14.3. The van der Waals surface area contributed by atoms with Crippen LogP contribution in [0.2, 0.25) is 5.02 Å². The molecule has 166 valence electrons. The van der Waals surface area contributed by atoms with Gasteiger partial charge in [0.25, 0.3) is 0 Å². The van der Waals surface area contributed by atoms with E-state index in [1.807, 2.05) is 12.1 Å². The average Bonchev–Trinajstić information content (AvgIpc) is 2.77. The summed E-state index contributed by atoms with van der Waals surface area (Å²) >= 11 is 6.22. The van der Waals surface area contributed by atoms with Gasteiger partial charge in [-0.2, -0.15) is 4.98 Å². The number of ether oxygens (including phenoxy) is 1. The number of rotatable bonds is 11. The first-order valence-corrected chi connectivity index (χ1v) is 10.9. The summed E-state index contributed by atoms with van der Waals surface area (Å²) in [5.74, 6) is 1.08. The standard InChI is InChI=1S/C23H31ClN6O/c1-4-6-9-25-22-20(24)16-26-23(28-22)27-19-7-8-21(18(15-19)17-31-14-5-2)30-12-10-29(3)11-13-30/h4-5,7-8,15-16H,1-2,6,9-14,17H2,3H3,(H2,25,26,27,28). The van der Waals surface area contributed by atoms with E-state index < -0.39 is 0 Å². The lowest BCUT2D eigenvalue weighted by atomic mass is 10.1. The molecule has 2 aromatic rings. The first kappa shape index (κ1) is 23.1. The Labute approximate surface area is 189 Å². The van der Waals surface area contributed by atoms with Crippen molar-refractivity contribution in [2.45, 2.75) is 13.0 Å². The number of hydrogen-bond donors (Lipinski definition) is 2. The fraction of sp³-hybridized carbons (Fsp3) is 0.391. The molecule has 1 aliphatic heterocycles. The molecule has 0 atom stereocenters. The van der Waals surface area contributed by atoms with E-state index in [0.29, 0.717) is 36.5 Å². The van der Waals surface area contributed by atoms with Crippen molar-refractivity contribution in [2.24, 2.45) is 0 Å². The molecule has 8 heteroatoms. The summed E-state index contributed by atoms with van der Waals surface area (Å²) in [7, 11) is 2.16. The zero-order valence-electron chi connectivity index (χ0n) is 18.1. The summed E-state index contributed by atoms with van der Waals surface area (Å²) in [4.78, 5) is 13.6. The van der Waals surface area contributed by atoms with E-state index in [-0.39, 0.29) is 0 Å². The minimum absolute atomic E-state index is 0.482. The molecule has 0 unspecified atom stereocenters. The van der Waals surface area contributed by atoms with Gasteiger partial charge in [0.05, 0.1) is 19.4 Å². The van der Waals surface area contributed by atoms with Crippen LogP contribution >= 0.6 is 11.6 Å². The molecule has 1 aromatic heterocycles. The highest BCUT2D eigenvalue weighted by Gasteiger charge is 2.18. The van der Waals surface area contributed by atoms with Gasteiger partial charge in [-0.25, -0.2) is 4.98 Å². The van der Waals surface area contributed by atoms with Crippen molar-refractivity contribution >= 4 is 34.7 Å². The number of halogens is 1. The van der Waals surface area contributed by atoms with Crippen LogP contribution in [-0.4, -0.2) is 61.2 Å². The van der Waals surface area contributed by atoms with Crippen LogP contribution in [0.4, 0.5) is 23.1 Å². The number of nitrogens with zero attached hydrogens (tertiary/aromatic N) is 4. The van der Waals surface area contributed by atoms with Crippen LogP contribution < -0.4 is 15.5 Å². The van der Waals surface area contributed by atoms with Gasteiger partial charge in [0, 0.05) is 49.7 Å². The van der Waals surface area contributed by atoms with Crippen molar-refractivity contribution in [1.82, 2.24) is 14.9 Å². The zero-order valence-corrected chi connectivity index (χ0v) is 18.9. The molecule has 1 aliphatic rings. The van der Waals surface area contributed by atoms with Gasteiger partial charge in [-0.15, -0.1) is 13.2 Å². The quantitative estimate of drug-likeness (QED) is 0.397. The summed E-state index contributed by atoms with van der Waals surface area (Å²) in [6, 6.07) is 6.28. The smallest absolute Gasteiger partial charge is 0.229 e. The second kappa shape index (κ2) is 11.7. The highest BCUT2D eigenvalue weighted by molar-refractivity contribution is 6.32. The number of benzene rings is 1. The first-order valence-electron chi connectivity index (χ1n) is 10.5. The highest BCUT2D eigenvalue weighted by atomic mass is 35.5. The Balaban J connectivity index is 1.78. The van der Waals surface area contributed by atoms with Crippen LogP contribution in [0.3, 0.4) is 0 Å². The van der Waals surface area contributed by atoms with Gasteiger partial charge < -0.3 is 25.2 Å². The van der Waals surface area contributed by atoms with Gasteiger partial charge in [0.15, 0.2) is 5.82 Å². The van der Waals surface area contributed by atoms with Crippen molar-refractivity contribution in [3.05, 3.63) is 60.3 Å². The maximum absolute atomic E-state index is 6.22. The number of aromatic nitrogens is 2. The molecule has 1 aromatic carbocycles. The van der Waals surface area contributed by atoms with Gasteiger partial charge in [0.1, 0.15) is 5.02 Å². The molecule has 2 N–H and O–H groups in total. The van der Waals surface area contributed by atoms with Crippen LogP contribution in [0.1, 0.15) is 12.0 Å². The monoisotopic (exact) mass is 442 g/mol.